The summed E-state index contributed by atoms with van der Waals surface area (Å²) in [6, 6.07) is 7.08. The lowest BCUT2D eigenvalue weighted by atomic mass is 9.95. The second-order valence-electron chi connectivity index (χ2n) is 7.62. The van der Waals surface area contributed by atoms with Crippen LogP contribution < -0.4 is 9.47 Å². The monoisotopic (exact) mass is 399 g/mol. The van der Waals surface area contributed by atoms with Crippen LogP contribution in [0.5, 0.6) is 11.5 Å². The van der Waals surface area contributed by atoms with E-state index in [0.29, 0.717) is 49.6 Å². The van der Waals surface area contributed by atoms with Crippen molar-refractivity contribution in [1.82, 2.24) is 9.80 Å². The van der Waals surface area contributed by atoms with Gasteiger partial charge in [-0.1, -0.05) is 0 Å². The predicted octanol–water partition coefficient (Wildman–Crippen LogP) is 2.59. The second kappa shape index (κ2) is 10.1. The summed E-state index contributed by atoms with van der Waals surface area (Å²) in [6.07, 6.45) is 4.77. The molecule has 156 valence electrons. The van der Waals surface area contributed by atoms with Crippen molar-refractivity contribution in [2.24, 2.45) is 5.92 Å². The summed E-state index contributed by atoms with van der Waals surface area (Å²) < 4.78 is 11.0. The highest BCUT2D eigenvalue weighted by Gasteiger charge is 2.30. The Hall–Kier alpha value is -2.75. The van der Waals surface area contributed by atoms with E-state index in [0.717, 1.165) is 38.8 Å². The molecule has 2 aliphatic rings. The van der Waals surface area contributed by atoms with Gasteiger partial charge in [-0.3, -0.25) is 9.59 Å². The van der Waals surface area contributed by atoms with Crippen LogP contribution in [0.4, 0.5) is 0 Å². The number of carbonyl (C=O) groups excluding carboxylic acids is 2. The van der Waals surface area contributed by atoms with Gasteiger partial charge in [0.25, 0.3) is 0 Å². The fourth-order valence-electron chi connectivity index (χ4n) is 3.99. The molecule has 0 spiro atoms. The zero-order valence-electron chi connectivity index (χ0n) is 17.1. The minimum atomic E-state index is 0.0735. The lowest BCUT2D eigenvalue weighted by molar-refractivity contribution is -0.140. The van der Waals surface area contributed by atoms with Gasteiger partial charge < -0.3 is 19.3 Å². The molecule has 1 aromatic carbocycles. The number of carbonyl (C=O) groups is 2. The van der Waals surface area contributed by atoms with Crippen LogP contribution in [0.15, 0.2) is 18.2 Å². The molecule has 0 radical (unpaired) electrons. The number of nitrogens with zero attached hydrogens (tertiary/aromatic N) is 3. The van der Waals surface area contributed by atoms with E-state index in [4.69, 9.17) is 14.7 Å². The lowest BCUT2D eigenvalue weighted by Crippen LogP contribution is -2.43. The number of piperidine rings is 1. The van der Waals surface area contributed by atoms with E-state index in [1.807, 2.05) is 9.80 Å². The zero-order chi connectivity index (χ0) is 20.6. The van der Waals surface area contributed by atoms with Crippen molar-refractivity contribution < 1.29 is 19.1 Å². The number of hydrogen-bond donors (Lipinski definition) is 0. The Kier molecular flexibility index (Phi) is 7.34. The molecule has 29 heavy (non-hydrogen) atoms. The van der Waals surface area contributed by atoms with Crippen molar-refractivity contribution in [3.8, 4) is 17.6 Å². The summed E-state index contributed by atoms with van der Waals surface area (Å²) in [5.74, 6) is 1.55. The standard InChI is InChI=1S/C22H29N3O4/c1-28-20-15-17(16-23)6-7-19(20)29-14-4-5-21(26)24-12-8-18(9-13-24)22(27)25-10-2-3-11-25/h6-7,15,18H,2-5,8-14H2,1H3. The molecule has 2 saturated heterocycles. The molecule has 0 saturated carbocycles. The first kappa shape index (κ1) is 21.0. The van der Waals surface area contributed by atoms with Gasteiger partial charge in [0.1, 0.15) is 0 Å². The number of benzene rings is 1. The van der Waals surface area contributed by atoms with Crippen LogP contribution in [-0.2, 0) is 9.59 Å². The van der Waals surface area contributed by atoms with Gasteiger partial charge in [0.15, 0.2) is 11.5 Å². The topological polar surface area (TPSA) is 82.9 Å². The van der Waals surface area contributed by atoms with Crippen LogP contribution in [0.1, 0.15) is 44.1 Å². The molecule has 2 fully saturated rings. The average molecular weight is 399 g/mol. The molecular weight excluding hydrogens is 370 g/mol. The third-order valence-electron chi connectivity index (χ3n) is 5.70. The summed E-state index contributed by atoms with van der Waals surface area (Å²) >= 11 is 0. The predicted molar refractivity (Wildman–Crippen MR) is 108 cm³/mol. The molecule has 0 aliphatic carbocycles. The van der Waals surface area contributed by atoms with Crippen molar-refractivity contribution in [2.75, 3.05) is 39.9 Å². The number of amides is 2. The number of methoxy groups -OCH3 is 1. The van der Waals surface area contributed by atoms with Crippen molar-refractivity contribution in [3.63, 3.8) is 0 Å². The number of nitriles is 1. The molecule has 0 bridgehead atoms. The highest BCUT2D eigenvalue weighted by Crippen LogP contribution is 2.28. The van der Waals surface area contributed by atoms with E-state index in [9.17, 15) is 9.59 Å². The van der Waals surface area contributed by atoms with Gasteiger partial charge in [-0.15, -0.1) is 0 Å². The first-order valence-corrected chi connectivity index (χ1v) is 10.4. The van der Waals surface area contributed by atoms with Gasteiger partial charge in [0, 0.05) is 44.6 Å². The fraction of sp³-hybridized carbons (Fsp3) is 0.591. The van der Waals surface area contributed by atoms with Crippen molar-refractivity contribution >= 4 is 11.8 Å². The van der Waals surface area contributed by atoms with Crippen molar-refractivity contribution in [1.29, 1.82) is 5.26 Å². The third-order valence-corrected chi connectivity index (χ3v) is 5.70. The minimum Gasteiger partial charge on any atom is -0.493 e. The molecule has 0 unspecified atom stereocenters. The third kappa shape index (κ3) is 5.41. The highest BCUT2D eigenvalue weighted by atomic mass is 16.5. The number of likely N-dealkylation sites (tertiary alicyclic amines) is 2. The number of rotatable bonds is 7. The van der Waals surface area contributed by atoms with Gasteiger partial charge in [0.05, 0.1) is 25.3 Å². The zero-order valence-corrected chi connectivity index (χ0v) is 17.1. The van der Waals surface area contributed by atoms with Crippen molar-refractivity contribution in [3.05, 3.63) is 23.8 Å². The lowest BCUT2D eigenvalue weighted by Gasteiger charge is -2.33. The Morgan fingerprint density at radius 1 is 1.10 bits per heavy atom. The first-order valence-electron chi connectivity index (χ1n) is 10.4. The van der Waals surface area contributed by atoms with E-state index in [1.165, 1.54) is 7.11 Å². The summed E-state index contributed by atoms with van der Waals surface area (Å²) in [4.78, 5) is 28.8. The molecule has 0 atom stereocenters. The Bertz CT molecular complexity index is 760. The van der Waals surface area contributed by atoms with E-state index in [2.05, 4.69) is 6.07 Å². The molecule has 1 aromatic rings. The van der Waals surface area contributed by atoms with Crippen LogP contribution in [0.3, 0.4) is 0 Å². The minimum absolute atomic E-state index is 0.0735. The van der Waals surface area contributed by atoms with Crippen LogP contribution in [0.25, 0.3) is 0 Å². The first-order chi connectivity index (χ1) is 14.1. The van der Waals surface area contributed by atoms with Gasteiger partial charge in [-0.25, -0.2) is 0 Å². The molecule has 7 nitrogen and oxygen atoms in total. The van der Waals surface area contributed by atoms with E-state index in [-0.39, 0.29) is 17.7 Å². The molecule has 2 amide bonds. The largest absolute Gasteiger partial charge is 0.493 e. The maximum absolute atomic E-state index is 12.5. The maximum Gasteiger partial charge on any atom is 0.225 e. The second-order valence-corrected chi connectivity index (χ2v) is 7.62. The fourth-order valence-corrected chi connectivity index (χ4v) is 3.99. The molecule has 0 aromatic heterocycles. The van der Waals surface area contributed by atoms with Crippen LogP contribution in [0, 0.1) is 17.2 Å². The molecule has 2 heterocycles. The van der Waals surface area contributed by atoms with Crippen molar-refractivity contribution in [2.45, 2.75) is 38.5 Å². The van der Waals surface area contributed by atoms with Gasteiger partial charge in [-0.05, 0) is 44.2 Å². The van der Waals surface area contributed by atoms with E-state index < -0.39 is 0 Å². The average Bonchev–Trinajstić information content (AvgIpc) is 3.31. The molecular formula is C22H29N3O4. The van der Waals surface area contributed by atoms with Crippen LogP contribution in [-0.4, -0.2) is 61.5 Å². The van der Waals surface area contributed by atoms with Crippen LogP contribution in [0.2, 0.25) is 0 Å². The normalized spacial score (nSPS) is 17.1. The summed E-state index contributed by atoms with van der Waals surface area (Å²) in [5, 5.41) is 8.94. The SMILES string of the molecule is COc1cc(C#N)ccc1OCCCC(=O)N1CCC(C(=O)N2CCCC2)CC1. The summed E-state index contributed by atoms with van der Waals surface area (Å²) in [6.45, 7) is 3.50. The Balaban J connectivity index is 1.37. The van der Waals surface area contributed by atoms with E-state index >= 15 is 0 Å². The van der Waals surface area contributed by atoms with Crippen LogP contribution >= 0.6 is 0 Å². The Morgan fingerprint density at radius 2 is 1.83 bits per heavy atom. The molecule has 2 aliphatic heterocycles. The number of ether oxygens (including phenoxy) is 2. The van der Waals surface area contributed by atoms with E-state index in [1.54, 1.807) is 18.2 Å². The molecule has 0 N–H and O–H groups in total. The summed E-state index contributed by atoms with van der Waals surface area (Å²) in [7, 11) is 1.53. The molecule has 3 rings (SSSR count). The van der Waals surface area contributed by atoms with Gasteiger partial charge >= 0.3 is 0 Å². The smallest absolute Gasteiger partial charge is 0.225 e. The summed E-state index contributed by atoms with van der Waals surface area (Å²) in [5.41, 5.74) is 0.510. The maximum atomic E-state index is 12.5. The van der Waals surface area contributed by atoms with Gasteiger partial charge in [0.2, 0.25) is 11.8 Å². The van der Waals surface area contributed by atoms with Gasteiger partial charge in [-0.2, -0.15) is 5.26 Å². The quantitative estimate of drug-likeness (QED) is 0.658. The highest BCUT2D eigenvalue weighted by molar-refractivity contribution is 5.80. The Labute approximate surface area is 172 Å². The Morgan fingerprint density at radius 3 is 2.48 bits per heavy atom. The molecule has 7 heteroatoms. The number of hydrogen-bond acceptors (Lipinski definition) is 5.